The van der Waals surface area contributed by atoms with Crippen LogP contribution in [0.5, 0.6) is 0 Å². The first kappa shape index (κ1) is 18.7. The minimum atomic E-state index is 0.371. The SMILES string of the molecule is CN=C(NCCCn1cccn1)N1CCC(OCCCOC)CC1. The third kappa shape index (κ3) is 6.49. The molecule has 1 fully saturated rings. The van der Waals surface area contributed by atoms with E-state index in [1.165, 1.54) is 0 Å². The van der Waals surface area contributed by atoms with E-state index in [1.807, 2.05) is 30.2 Å². The molecule has 0 amide bonds. The Kier molecular flexibility index (Phi) is 8.62. The molecule has 1 aromatic heterocycles. The monoisotopic (exact) mass is 337 g/mol. The summed E-state index contributed by atoms with van der Waals surface area (Å²) in [6, 6.07) is 1.95. The maximum Gasteiger partial charge on any atom is 0.193 e. The van der Waals surface area contributed by atoms with E-state index < -0.39 is 0 Å². The quantitative estimate of drug-likeness (QED) is 0.419. The van der Waals surface area contributed by atoms with Crippen LogP contribution >= 0.6 is 0 Å². The zero-order chi connectivity index (χ0) is 17.0. The first-order valence-corrected chi connectivity index (χ1v) is 8.87. The van der Waals surface area contributed by atoms with Crippen LogP contribution < -0.4 is 5.32 Å². The lowest BCUT2D eigenvalue weighted by Gasteiger charge is -2.34. The van der Waals surface area contributed by atoms with Crippen molar-refractivity contribution in [2.75, 3.05) is 47.0 Å². The number of nitrogens with zero attached hydrogens (tertiary/aromatic N) is 4. The van der Waals surface area contributed by atoms with Crippen LogP contribution in [0, 0.1) is 0 Å². The lowest BCUT2D eigenvalue weighted by Crippen LogP contribution is -2.47. The zero-order valence-corrected chi connectivity index (χ0v) is 15.0. The van der Waals surface area contributed by atoms with Gasteiger partial charge in [0.25, 0.3) is 0 Å². The molecule has 7 nitrogen and oxygen atoms in total. The molecule has 1 saturated heterocycles. The molecular formula is C17H31N5O2. The Morgan fingerprint density at radius 1 is 1.29 bits per heavy atom. The number of rotatable bonds is 9. The van der Waals surface area contributed by atoms with Gasteiger partial charge in [-0.1, -0.05) is 0 Å². The Bertz CT molecular complexity index is 456. The number of piperidine rings is 1. The van der Waals surface area contributed by atoms with Crippen molar-refractivity contribution in [2.45, 2.75) is 38.3 Å². The van der Waals surface area contributed by atoms with Crippen LogP contribution in [0.15, 0.2) is 23.5 Å². The first-order chi connectivity index (χ1) is 11.8. The molecule has 0 aliphatic carbocycles. The molecular weight excluding hydrogens is 306 g/mol. The number of nitrogens with one attached hydrogen (secondary N) is 1. The van der Waals surface area contributed by atoms with E-state index in [0.717, 1.165) is 71.0 Å². The molecule has 7 heteroatoms. The predicted octanol–water partition coefficient (Wildman–Crippen LogP) is 1.37. The van der Waals surface area contributed by atoms with E-state index in [1.54, 1.807) is 7.11 Å². The molecule has 2 heterocycles. The summed E-state index contributed by atoms with van der Waals surface area (Å²) >= 11 is 0. The molecule has 0 atom stereocenters. The highest BCUT2D eigenvalue weighted by molar-refractivity contribution is 5.79. The van der Waals surface area contributed by atoms with Gasteiger partial charge in [-0.3, -0.25) is 9.67 Å². The van der Waals surface area contributed by atoms with Crippen LogP contribution in [-0.2, 0) is 16.0 Å². The predicted molar refractivity (Wildman–Crippen MR) is 95.2 cm³/mol. The second-order valence-corrected chi connectivity index (χ2v) is 6.00. The number of methoxy groups -OCH3 is 1. The van der Waals surface area contributed by atoms with Gasteiger partial charge in [0, 0.05) is 65.9 Å². The molecule has 0 unspecified atom stereocenters. The van der Waals surface area contributed by atoms with E-state index in [2.05, 4.69) is 20.3 Å². The number of ether oxygens (including phenoxy) is 2. The average molecular weight is 337 g/mol. The van der Waals surface area contributed by atoms with Crippen molar-refractivity contribution >= 4 is 5.96 Å². The Labute approximate surface area is 145 Å². The average Bonchev–Trinajstić information content (AvgIpc) is 3.13. The maximum absolute atomic E-state index is 5.91. The highest BCUT2D eigenvalue weighted by Gasteiger charge is 2.21. The topological polar surface area (TPSA) is 63.9 Å². The summed E-state index contributed by atoms with van der Waals surface area (Å²) in [7, 11) is 3.58. The molecule has 24 heavy (non-hydrogen) atoms. The minimum absolute atomic E-state index is 0.371. The van der Waals surface area contributed by atoms with Crippen LogP contribution in [0.2, 0.25) is 0 Å². The zero-order valence-electron chi connectivity index (χ0n) is 15.0. The number of hydrogen-bond donors (Lipinski definition) is 1. The van der Waals surface area contributed by atoms with Crippen molar-refractivity contribution in [1.29, 1.82) is 0 Å². The highest BCUT2D eigenvalue weighted by atomic mass is 16.5. The number of aryl methyl sites for hydroxylation is 1. The first-order valence-electron chi connectivity index (χ1n) is 8.87. The van der Waals surface area contributed by atoms with Crippen molar-refractivity contribution in [3.8, 4) is 0 Å². The Morgan fingerprint density at radius 2 is 2.12 bits per heavy atom. The third-order valence-electron chi connectivity index (χ3n) is 4.21. The van der Waals surface area contributed by atoms with Crippen LogP contribution in [0.3, 0.4) is 0 Å². The van der Waals surface area contributed by atoms with Crippen molar-refractivity contribution in [3.63, 3.8) is 0 Å². The number of hydrogen-bond acceptors (Lipinski definition) is 4. The van der Waals surface area contributed by atoms with Crippen molar-refractivity contribution in [3.05, 3.63) is 18.5 Å². The molecule has 0 spiro atoms. The molecule has 1 N–H and O–H groups in total. The second-order valence-electron chi connectivity index (χ2n) is 6.00. The smallest absolute Gasteiger partial charge is 0.193 e. The van der Waals surface area contributed by atoms with Gasteiger partial charge in [-0.2, -0.15) is 5.10 Å². The Hall–Kier alpha value is -1.60. The number of aromatic nitrogens is 2. The van der Waals surface area contributed by atoms with E-state index in [9.17, 15) is 0 Å². The van der Waals surface area contributed by atoms with Gasteiger partial charge in [0.1, 0.15) is 0 Å². The molecule has 1 aliphatic heterocycles. The number of aliphatic imine (C=N–C) groups is 1. The lowest BCUT2D eigenvalue weighted by atomic mass is 10.1. The van der Waals surface area contributed by atoms with E-state index in [4.69, 9.17) is 9.47 Å². The minimum Gasteiger partial charge on any atom is -0.385 e. The van der Waals surface area contributed by atoms with Crippen LogP contribution in [0.1, 0.15) is 25.7 Å². The van der Waals surface area contributed by atoms with Gasteiger partial charge in [-0.25, -0.2) is 0 Å². The van der Waals surface area contributed by atoms with E-state index in [-0.39, 0.29) is 0 Å². The standard InChI is InChI=1S/C17H31N5O2/c1-18-17(19-8-3-10-22-11-4-9-20-22)21-12-6-16(7-13-21)24-15-5-14-23-2/h4,9,11,16H,3,5-8,10,12-15H2,1-2H3,(H,18,19). The summed E-state index contributed by atoms with van der Waals surface area (Å²) in [6.45, 7) is 5.38. The van der Waals surface area contributed by atoms with Gasteiger partial charge in [-0.05, 0) is 31.7 Å². The number of guanidine groups is 1. The van der Waals surface area contributed by atoms with Gasteiger partial charge in [0.15, 0.2) is 5.96 Å². The summed E-state index contributed by atoms with van der Waals surface area (Å²) in [5, 5.41) is 7.67. The van der Waals surface area contributed by atoms with Crippen LogP contribution in [0.4, 0.5) is 0 Å². The third-order valence-corrected chi connectivity index (χ3v) is 4.21. The normalized spacial score (nSPS) is 16.6. The molecule has 0 saturated carbocycles. The number of likely N-dealkylation sites (tertiary alicyclic amines) is 1. The molecule has 136 valence electrons. The van der Waals surface area contributed by atoms with Crippen molar-refractivity contribution in [2.24, 2.45) is 4.99 Å². The summed E-state index contributed by atoms with van der Waals surface area (Å²) in [5.74, 6) is 0.994. The lowest BCUT2D eigenvalue weighted by molar-refractivity contribution is 0.00991. The van der Waals surface area contributed by atoms with Crippen molar-refractivity contribution < 1.29 is 9.47 Å². The summed E-state index contributed by atoms with van der Waals surface area (Å²) in [5.41, 5.74) is 0. The Morgan fingerprint density at radius 3 is 2.79 bits per heavy atom. The van der Waals surface area contributed by atoms with Gasteiger partial charge in [0.2, 0.25) is 0 Å². The fourth-order valence-electron chi connectivity index (χ4n) is 2.89. The van der Waals surface area contributed by atoms with Crippen LogP contribution in [0.25, 0.3) is 0 Å². The van der Waals surface area contributed by atoms with E-state index >= 15 is 0 Å². The van der Waals surface area contributed by atoms with Gasteiger partial charge >= 0.3 is 0 Å². The second kappa shape index (κ2) is 11.0. The molecule has 1 aliphatic rings. The van der Waals surface area contributed by atoms with Crippen molar-refractivity contribution in [1.82, 2.24) is 20.0 Å². The molecule has 1 aromatic rings. The fraction of sp³-hybridized carbons (Fsp3) is 0.765. The van der Waals surface area contributed by atoms with Gasteiger partial charge in [-0.15, -0.1) is 0 Å². The Balaban J connectivity index is 1.60. The van der Waals surface area contributed by atoms with Crippen LogP contribution in [-0.4, -0.2) is 73.7 Å². The highest BCUT2D eigenvalue weighted by Crippen LogP contribution is 2.14. The largest absolute Gasteiger partial charge is 0.385 e. The summed E-state index contributed by atoms with van der Waals surface area (Å²) in [4.78, 5) is 6.73. The van der Waals surface area contributed by atoms with Gasteiger partial charge in [0.05, 0.1) is 6.10 Å². The molecule has 0 bridgehead atoms. The summed E-state index contributed by atoms with van der Waals surface area (Å²) < 4.78 is 12.9. The van der Waals surface area contributed by atoms with Gasteiger partial charge < -0.3 is 19.7 Å². The van der Waals surface area contributed by atoms with E-state index in [0.29, 0.717) is 6.10 Å². The maximum atomic E-state index is 5.91. The summed E-state index contributed by atoms with van der Waals surface area (Å²) in [6.07, 6.45) is 8.29. The molecule has 0 aromatic carbocycles. The molecule has 2 rings (SSSR count). The fourth-order valence-corrected chi connectivity index (χ4v) is 2.89. The molecule has 0 radical (unpaired) electrons.